The van der Waals surface area contributed by atoms with Gasteiger partial charge in [0.1, 0.15) is 24.3 Å². The predicted octanol–water partition coefficient (Wildman–Crippen LogP) is 0.359. The van der Waals surface area contributed by atoms with Crippen molar-refractivity contribution < 1.29 is 47.7 Å². The summed E-state index contributed by atoms with van der Waals surface area (Å²) in [6.07, 6.45) is 2.03. The van der Waals surface area contributed by atoms with Gasteiger partial charge in [-0.1, -0.05) is 12.8 Å². The first kappa shape index (κ1) is 48.6. The van der Waals surface area contributed by atoms with E-state index in [2.05, 4.69) is 20.1 Å². The molecule has 2 aromatic rings. The molecule has 2 heterocycles. The van der Waals surface area contributed by atoms with Crippen molar-refractivity contribution >= 4 is 59.7 Å². The van der Waals surface area contributed by atoms with Crippen molar-refractivity contribution in [1.82, 2.24) is 39.5 Å². The standard InChI is InChI=1S/C34H50N8O14S2/c1-5-53-31(49)37-25(43)23-21-41(33(51)39(3)27(23)45)13-17-57-19-15-55-29(47)35-11-9-7-8-10-12-36-30(48)56-16-20-58-18-14-42-22-24(28(46)40(4)34(42)52)26(44)38-32(50)54-6-2/h21-22H,5-20H2,1-4H3,(H,35,47)(H,36,48)(H,37,43,49)(H,38,44,50). The number of thioether (sulfide) groups is 2. The molecule has 0 bridgehead atoms. The molecule has 6 amide bonds. The fourth-order valence-corrected chi connectivity index (χ4v) is 6.20. The molecule has 0 aliphatic rings. The molecule has 0 radical (unpaired) electrons. The summed E-state index contributed by atoms with van der Waals surface area (Å²) in [5.74, 6) is -0.287. The molecule has 58 heavy (non-hydrogen) atoms. The van der Waals surface area contributed by atoms with Gasteiger partial charge in [-0.2, -0.15) is 23.5 Å². The number of aryl methyl sites for hydroxylation is 2. The highest BCUT2D eigenvalue weighted by Crippen LogP contribution is 2.04. The van der Waals surface area contributed by atoms with E-state index >= 15 is 0 Å². The molecule has 2 rings (SSSR count). The van der Waals surface area contributed by atoms with Crippen LogP contribution in [0.2, 0.25) is 0 Å². The molecule has 4 N–H and O–H groups in total. The fraction of sp³-hybridized carbons (Fsp3) is 0.588. The largest absolute Gasteiger partial charge is 0.450 e. The molecule has 0 aliphatic carbocycles. The van der Waals surface area contributed by atoms with E-state index in [0.29, 0.717) is 48.9 Å². The van der Waals surface area contributed by atoms with Gasteiger partial charge in [0, 0.05) is 75.7 Å². The molecular weight excluding hydrogens is 809 g/mol. The Balaban J connectivity index is 1.51. The van der Waals surface area contributed by atoms with Crippen LogP contribution in [0, 0.1) is 0 Å². The van der Waals surface area contributed by atoms with Gasteiger partial charge in [0.2, 0.25) is 0 Å². The highest BCUT2D eigenvalue weighted by atomic mass is 32.2. The molecule has 0 saturated carbocycles. The summed E-state index contributed by atoms with van der Waals surface area (Å²) >= 11 is 2.77. The van der Waals surface area contributed by atoms with Gasteiger partial charge in [-0.25, -0.2) is 28.8 Å². The van der Waals surface area contributed by atoms with Gasteiger partial charge in [0.05, 0.1) is 13.2 Å². The van der Waals surface area contributed by atoms with E-state index < -0.39 is 58.7 Å². The molecule has 24 heteroatoms. The second-order valence-electron chi connectivity index (χ2n) is 11.9. The van der Waals surface area contributed by atoms with Gasteiger partial charge in [-0.15, -0.1) is 0 Å². The Kier molecular flexibility index (Phi) is 22.1. The van der Waals surface area contributed by atoms with Crippen molar-refractivity contribution in [2.75, 3.05) is 62.5 Å². The number of ether oxygens (including phenoxy) is 4. The molecule has 0 aliphatic heterocycles. The maximum Gasteiger partial charge on any atom is 0.414 e. The number of nitrogens with zero attached hydrogens (tertiary/aromatic N) is 4. The van der Waals surface area contributed by atoms with Crippen LogP contribution in [-0.4, -0.2) is 117 Å². The zero-order valence-corrected chi connectivity index (χ0v) is 34.4. The van der Waals surface area contributed by atoms with Crippen LogP contribution in [0.5, 0.6) is 0 Å². The molecule has 0 unspecified atom stereocenters. The van der Waals surface area contributed by atoms with Crippen molar-refractivity contribution in [1.29, 1.82) is 0 Å². The predicted molar refractivity (Wildman–Crippen MR) is 213 cm³/mol. The van der Waals surface area contributed by atoms with Crippen LogP contribution in [0.15, 0.2) is 31.6 Å². The number of carbonyl (C=O) groups is 6. The lowest BCUT2D eigenvalue weighted by Gasteiger charge is -2.11. The zero-order valence-electron chi connectivity index (χ0n) is 32.8. The lowest BCUT2D eigenvalue weighted by molar-refractivity contribution is 0.0908. The van der Waals surface area contributed by atoms with Crippen LogP contribution >= 0.6 is 23.5 Å². The smallest absolute Gasteiger partial charge is 0.414 e. The molecule has 0 fully saturated rings. The highest BCUT2D eigenvalue weighted by molar-refractivity contribution is 7.99. The lowest BCUT2D eigenvalue weighted by atomic mass is 10.2. The maximum absolute atomic E-state index is 12.4. The highest BCUT2D eigenvalue weighted by Gasteiger charge is 2.20. The SMILES string of the molecule is CCOC(=O)NC(=O)c1cn(CCSCCOC(=O)NCCCCCCNC(=O)OCCSCCn2cc(C(=O)NC(=O)OCC)c(=O)n(C)c2=O)c(=O)n(C)c1=O. The third-order valence-electron chi connectivity index (χ3n) is 7.69. The summed E-state index contributed by atoms with van der Waals surface area (Å²) < 4.78 is 23.5. The Morgan fingerprint density at radius 1 is 0.552 bits per heavy atom. The Morgan fingerprint density at radius 3 is 1.29 bits per heavy atom. The molecule has 0 atom stereocenters. The topological polar surface area (TPSA) is 275 Å². The van der Waals surface area contributed by atoms with Crippen LogP contribution in [0.1, 0.15) is 60.2 Å². The van der Waals surface area contributed by atoms with E-state index in [9.17, 15) is 47.9 Å². The number of amides is 6. The number of unbranched alkanes of at least 4 members (excludes halogenated alkanes) is 3. The van der Waals surface area contributed by atoms with E-state index in [-0.39, 0.29) is 50.6 Å². The van der Waals surface area contributed by atoms with Crippen LogP contribution in [0.25, 0.3) is 0 Å². The van der Waals surface area contributed by atoms with Crippen molar-refractivity contribution in [3.05, 3.63) is 65.2 Å². The van der Waals surface area contributed by atoms with E-state index in [4.69, 9.17) is 9.47 Å². The number of alkyl carbamates (subject to hydrolysis) is 4. The van der Waals surface area contributed by atoms with Crippen LogP contribution in [0.3, 0.4) is 0 Å². The molecule has 0 saturated heterocycles. The number of aromatic nitrogens is 4. The summed E-state index contributed by atoms with van der Waals surface area (Å²) in [4.78, 5) is 121. The normalized spacial score (nSPS) is 10.6. The van der Waals surface area contributed by atoms with E-state index in [1.165, 1.54) is 46.8 Å². The Hall–Kier alpha value is -5.52. The van der Waals surface area contributed by atoms with Crippen LogP contribution in [-0.2, 0) is 46.1 Å². The number of carbonyl (C=O) groups excluding carboxylic acids is 6. The summed E-state index contributed by atoms with van der Waals surface area (Å²) in [7, 11) is 2.45. The minimum Gasteiger partial charge on any atom is -0.450 e. The average molecular weight is 859 g/mol. The second-order valence-corrected chi connectivity index (χ2v) is 14.3. The third kappa shape index (κ3) is 16.9. The van der Waals surface area contributed by atoms with Gasteiger partial charge in [-0.3, -0.25) is 48.1 Å². The van der Waals surface area contributed by atoms with E-state index in [0.717, 1.165) is 34.4 Å². The maximum atomic E-state index is 12.4. The first-order valence-corrected chi connectivity index (χ1v) is 20.6. The van der Waals surface area contributed by atoms with Crippen molar-refractivity contribution in [2.45, 2.75) is 52.6 Å². The molecule has 0 aromatic carbocycles. The minimum atomic E-state index is -1.01. The quantitative estimate of drug-likeness (QED) is 0.0867. The zero-order chi connectivity index (χ0) is 43.0. The number of rotatable bonds is 23. The van der Waals surface area contributed by atoms with Crippen LogP contribution < -0.4 is 43.8 Å². The second kappa shape index (κ2) is 26.4. The number of hydrogen-bond acceptors (Lipinski definition) is 16. The monoisotopic (exact) mass is 858 g/mol. The molecule has 0 spiro atoms. The molecular formula is C34H50N8O14S2. The van der Waals surface area contributed by atoms with Crippen molar-refractivity contribution in [2.24, 2.45) is 14.1 Å². The van der Waals surface area contributed by atoms with Crippen LogP contribution in [0.4, 0.5) is 19.2 Å². The van der Waals surface area contributed by atoms with E-state index in [1.807, 2.05) is 10.6 Å². The van der Waals surface area contributed by atoms with Gasteiger partial charge in [-0.05, 0) is 26.7 Å². The van der Waals surface area contributed by atoms with Crippen molar-refractivity contribution in [3.8, 4) is 0 Å². The number of nitrogens with one attached hydrogen (secondary N) is 4. The Labute approximate surface area is 340 Å². The number of imide groups is 2. The average Bonchev–Trinajstić information content (AvgIpc) is 3.18. The van der Waals surface area contributed by atoms with Gasteiger partial charge in [0.15, 0.2) is 0 Å². The van der Waals surface area contributed by atoms with Gasteiger partial charge >= 0.3 is 35.8 Å². The summed E-state index contributed by atoms with van der Waals surface area (Å²) in [5.41, 5.74) is -3.75. The summed E-state index contributed by atoms with van der Waals surface area (Å²) in [6, 6.07) is 0. The first-order valence-electron chi connectivity index (χ1n) is 18.3. The van der Waals surface area contributed by atoms with Gasteiger partial charge < -0.3 is 29.6 Å². The van der Waals surface area contributed by atoms with E-state index in [1.54, 1.807) is 13.8 Å². The lowest BCUT2D eigenvalue weighted by Crippen LogP contribution is -2.44. The minimum absolute atomic E-state index is 0.0308. The first-order chi connectivity index (χ1) is 27.7. The molecule has 2 aromatic heterocycles. The summed E-state index contributed by atoms with van der Waals surface area (Å²) in [5, 5.41) is 9.19. The van der Waals surface area contributed by atoms with Crippen molar-refractivity contribution in [3.63, 3.8) is 0 Å². The fourth-order valence-electron chi connectivity index (χ4n) is 4.74. The third-order valence-corrected chi connectivity index (χ3v) is 9.55. The summed E-state index contributed by atoms with van der Waals surface area (Å²) in [6.45, 7) is 4.53. The number of hydrogen-bond donors (Lipinski definition) is 4. The Bertz CT molecular complexity index is 1840. The van der Waals surface area contributed by atoms with Gasteiger partial charge in [0.25, 0.3) is 22.9 Å². The molecule has 22 nitrogen and oxygen atoms in total. The molecule has 322 valence electrons. The Morgan fingerprint density at radius 2 is 0.931 bits per heavy atom.